The average molecular weight is 382 g/mol. The summed E-state index contributed by atoms with van der Waals surface area (Å²) in [7, 11) is 0. The van der Waals surface area contributed by atoms with E-state index in [1.165, 1.54) is 0 Å². The lowest BCUT2D eigenvalue weighted by Crippen LogP contribution is -2.11. The van der Waals surface area contributed by atoms with Crippen molar-refractivity contribution >= 4 is 45.8 Å². The summed E-state index contributed by atoms with van der Waals surface area (Å²) in [4.78, 5) is 16.9. The summed E-state index contributed by atoms with van der Waals surface area (Å²) in [6.45, 7) is 0. The van der Waals surface area contributed by atoms with Crippen molar-refractivity contribution in [3.8, 4) is 5.69 Å². The van der Waals surface area contributed by atoms with Gasteiger partial charge in [0, 0.05) is 27.0 Å². The topological polar surface area (TPSA) is 46.9 Å². The fraction of sp³-hybridized carbons (Fsp3) is 0. The van der Waals surface area contributed by atoms with Crippen LogP contribution < -0.4 is 5.32 Å². The number of fused-ring (bicyclic) bond motifs is 1. The second-order valence-corrected chi connectivity index (χ2v) is 6.64. The lowest BCUT2D eigenvalue weighted by atomic mass is 10.1. The molecule has 1 N–H and O–H groups in total. The van der Waals surface area contributed by atoms with Gasteiger partial charge in [0.15, 0.2) is 0 Å². The third kappa shape index (κ3) is 3.29. The predicted molar refractivity (Wildman–Crippen MR) is 105 cm³/mol. The number of hydrogen-bond acceptors (Lipinski definition) is 2. The van der Waals surface area contributed by atoms with E-state index in [2.05, 4.69) is 10.3 Å². The van der Waals surface area contributed by atoms with Gasteiger partial charge in [-0.3, -0.25) is 9.36 Å². The van der Waals surface area contributed by atoms with Crippen LogP contribution in [0.1, 0.15) is 10.4 Å². The van der Waals surface area contributed by atoms with E-state index < -0.39 is 0 Å². The van der Waals surface area contributed by atoms with Gasteiger partial charge < -0.3 is 5.32 Å². The molecule has 1 aromatic heterocycles. The molecule has 1 heterocycles. The van der Waals surface area contributed by atoms with Crippen molar-refractivity contribution in [1.82, 2.24) is 9.55 Å². The molecule has 4 rings (SSSR count). The van der Waals surface area contributed by atoms with E-state index in [9.17, 15) is 4.79 Å². The molecule has 0 radical (unpaired) electrons. The van der Waals surface area contributed by atoms with E-state index in [4.69, 9.17) is 23.2 Å². The van der Waals surface area contributed by atoms with Crippen LogP contribution in [0.5, 0.6) is 0 Å². The fourth-order valence-corrected chi connectivity index (χ4v) is 3.30. The maximum absolute atomic E-state index is 12.5. The van der Waals surface area contributed by atoms with E-state index in [-0.39, 0.29) is 5.91 Å². The van der Waals surface area contributed by atoms with E-state index in [0.29, 0.717) is 21.3 Å². The van der Waals surface area contributed by atoms with Crippen molar-refractivity contribution in [2.45, 2.75) is 0 Å². The number of aromatic nitrogens is 2. The minimum absolute atomic E-state index is 0.250. The van der Waals surface area contributed by atoms with Gasteiger partial charge in [-0.1, -0.05) is 41.4 Å². The first-order valence-corrected chi connectivity index (χ1v) is 8.66. The number of carbonyl (C=O) groups is 1. The molecule has 0 bridgehead atoms. The van der Waals surface area contributed by atoms with Crippen LogP contribution in [-0.4, -0.2) is 15.5 Å². The molecule has 1 amide bonds. The maximum atomic E-state index is 12.5. The molecule has 0 saturated carbocycles. The Morgan fingerprint density at radius 3 is 2.38 bits per heavy atom. The Balaban J connectivity index is 1.64. The molecule has 0 fully saturated rings. The summed E-state index contributed by atoms with van der Waals surface area (Å²) in [5.41, 5.74) is 3.74. The Morgan fingerprint density at radius 2 is 1.65 bits per heavy atom. The number of hydrogen-bond donors (Lipinski definition) is 1. The molecule has 3 aromatic carbocycles. The number of benzene rings is 3. The smallest absolute Gasteiger partial charge is 0.255 e. The molecular formula is C20H13Cl2N3O. The fourth-order valence-electron chi connectivity index (χ4n) is 2.78. The van der Waals surface area contributed by atoms with Crippen LogP contribution >= 0.6 is 23.2 Å². The van der Waals surface area contributed by atoms with Crippen molar-refractivity contribution in [3.63, 3.8) is 0 Å². The summed E-state index contributed by atoms with van der Waals surface area (Å²) < 4.78 is 1.98. The molecule has 4 aromatic rings. The Labute approximate surface area is 160 Å². The molecule has 0 saturated heterocycles. The SMILES string of the molecule is O=C(Nc1cc(Cl)cc(Cl)c1)c1ccc2c(c1)ncn2-c1ccccc1. The molecule has 0 aliphatic carbocycles. The molecule has 0 spiro atoms. The van der Waals surface area contributed by atoms with Gasteiger partial charge in [0.1, 0.15) is 6.33 Å². The second-order valence-electron chi connectivity index (χ2n) is 5.77. The Kier molecular flexibility index (Phi) is 4.37. The minimum Gasteiger partial charge on any atom is -0.322 e. The van der Waals surface area contributed by atoms with Crippen molar-refractivity contribution in [3.05, 3.63) is 88.7 Å². The summed E-state index contributed by atoms with van der Waals surface area (Å²) in [6, 6.07) is 20.2. The van der Waals surface area contributed by atoms with Crippen LogP contribution in [0.15, 0.2) is 73.1 Å². The van der Waals surface area contributed by atoms with E-state index in [1.54, 1.807) is 36.7 Å². The molecule has 0 unspecified atom stereocenters. The zero-order valence-electron chi connectivity index (χ0n) is 13.5. The zero-order valence-corrected chi connectivity index (χ0v) is 15.0. The number of nitrogens with one attached hydrogen (secondary N) is 1. The van der Waals surface area contributed by atoms with Gasteiger partial charge in [-0.15, -0.1) is 0 Å². The van der Waals surface area contributed by atoms with E-state index in [0.717, 1.165) is 16.7 Å². The van der Waals surface area contributed by atoms with Gasteiger partial charge in [-0.05, 0) is 48.5 Å². The highest BCUT2D eigenvalue weighted by Crippen LogP contribution is 2.24. The van der Waals surface area contributed by atoms with Gasteiger partial charge in [-0.2, -0.15) is 0 Å². The third-order valence-corrected chi connectivity index (χ3v) is 4.40. The van der Waals surface area contributed by atoms with Gasteiger partial charge in [0.25, 0.3) is 5.91 Å². The number of imidazole rings is 1. The zero-order chi connectivity index (χ0) is 18.1. The van der Waals surface area contributed by atoms with E-state index in [1.807, 2.05) is 41.0 Å². The van der Waals surface area contributed by atoms with Crippen molar-refractivity contribution in [2.75, 3.05) is 5.32 Å². The number of para-hydroxylation sites is 1. The number of carbonyl (C=O) groups excluding carboxylic acids is 1. The van der Waals surface area contributed by atoms with Gasteiger partial charge >= 0.3 is 0 Å². The lowest BCUT2D eigenvalue weighted by Gasteiger charge is -2.07. The first kappa shape index (κ1) is 16.6. The van der Waals surface area contributed by atoms with Gasteiger partial charge in [0.2, 0.25) is 0 Å². The highest BCUT2D eigenvalue weighted by molar-refractivity contribution is 6.35. The normalized spacial score (nSPS) is 10.8. The molecule has 4 nitrogen and oxygen atoms in total. The van der Waals surface area contributed by atoms with Crippen molar-refractivity contribution in [1.29, 1.82) is 0 Å². The third-order valence-electron chi connectivity index (χ3n) is 3.96. The van der Waals surface area contributed by atoms with Crippen molar-refractivity contribution in [2.24, 2.45) is 0 Å². The first-order chi connectivity index (χ1) is 12.6. The van der Waals surface area contributed by atoms with Crippen molar-refractivity contribution < 1.29 is 4.79 Å². The highest BCUT2D eigenvalue weighted by Gasteiger charge is 2.11. The number of halogens is 2. The molecular weight excluding hydrogens is 369 g/mol. The van der Waals surface area contributed by atoms with Crippen LogP contribution in [0.25, 0.3) is 16.7 Å². The molecule has 0 aliphatic rings. The molecule has 26 heavy (non-hydrogen) atoms. The van der Waals surface area contributed by atoms with Crippen LogP contribution in [0.4, 0.5) is 5.69 Å². The lowest BCUT2D eigenvalue weighted by molar-refractivity contribution is 0.102. The summed E-state index contributed by atoms with van der Waals surface area (Å²) in [5.74, 6) is -0.250. The largest absolute Gasteiger partial charge is 0.322 e. The number of rotatable bonds is 3. The summed E-state index contributed by atoms with van der Waals surface area (Å²) in [5, 5.41) is 3.73. The van der Waals surface area contributed by atoms with Gasteiger partial charge in [-0.25, -0.2) is 4.98 Å². The molecule has 6 heteroatoms. The molecule has 0 atom stereocenters. The summed E-state index contributed by atoms with van der Waals surface area (Å²) in [6.07, 6.45) is 1.75. The average Bonchev–Trinajstić information content (AvgIpc) is 3.04. The number of amides is 1. The van der Waals surface area contributed by atoms with Crippen LogP contribution in [0.3, 0.4) is 0 Å². The summed E-state index contributed by atoms with van der Waals surface area (Å²) >= 11 is 11.9. The second kappa shape index (κ2) is 6.83. The Bertz CT molecular complexity index is 1090. The van der Waals surface area contributed by atoms with Crippen LogP contribution in [0.2, 0.25) is 10.0 Å². The van der Waals surface area contributed by atoms with E-state index >= 15 is 0 Å². The van der Waals surface area contributed by atoms with Crippen LogP contribution in [-0.2, 0) is 0 Å². The predicted octanol–water partition coefficient (Wildman–Crippen LogP) is 5.58. The number of nitrogens with zero attached hydrogens (tertiary/aromatic N) is 2. The standard InChI is InChI=1S/C20H13Cl2N3O/c21-14-9-15(22)11-16(10-14)24-20(26)13-6-7-19-18(8-13)23-12-25(19)17-4-2-1-3-5-17/h1-12H,(H,24,26). The first-order valence-electron chi connectivity index (χ1n) is 7.90. The quantitative estimate of drug-likeness (QED) is 0.503. The maximum Gasteiger partial charge on any atom is 0.255 e. The Morgan fingerprint density at radius 1 is 0.923 bits per heavy atom. The Hall–Kier alpha value is -2.82. The molecule has 128 valence electrons. The highest BCUT2D eigenvalue weighted by atomic mass is 35.5. The van der Waals surface area contributed by atoms with Crippen LogP contribution in [0, 0.1) is 0 Å². The molecule has 0 aliphatic heterocycles. The minimum atomic E-state index is -0.250. The number of anilines is 1. The van der Waals surface area contributed by atoms with Gasteiger partial charge in [0.05, 0.1) is 11.0 Å². The monoisotopic (exact) mass is 381 g/mol.